The van der Waals surface area contributed by atoms with Crippen LogP contribution in [0.4, 0.5) is 20.2 Å². The van der Waals surface area contributed by atoms with Crippen LogP contribution >= 0.6 is 0 Å². The fourth-order valence-electron chi connectivity index (χ4n) is 5.85. The van der Waals surface area contributed by atoms with Crippen LogP contribution in [0.3, 0.4) is 0 Å². The maximum Gasteiger partial charge on any atom is 0.167 e. The Kier molecular flexibility index (Phi) is 7.09. The lowest BCUT2D eigenvalue weighted by Gasteiger charge is -2.33. The highest BCUT2D eigenvalue weighted by atomic mass is 19.1. The van der Waals surface area contributed by atoms with E-state index in [2.05, 4.69) is 14.8 Å². The van der Waals surface area contributed by atoms with Gasteiger partial charge in [-0.05, 0) is 68.1 Å². The summed E-state index contributed by atoms with van der Waals surface area (Å²) < 4.78 is 37.9. The summed E-state index contributed by atoms with van der Waals surface area (Å²) in [4.78, 5) is 13.8. The molecule has 8 nitrogen and oxygen atoms in total. The number of nitrogens with zero attached hydrogens (tertiary/aromatic N) is 6. The summed E-state index contributed by atoms with van der Waals surface area (Å²) in [6, 6.07) is 13.2. The molecule has 206 valence electrons. The average molecular weight is 544 g/mol. The molecule has 2 aliphatic rings. The largest absolute Gasteiger partial charge is 0.380 e. The van der Waals surface area contributed by atoms with Gasteiger partial charge < -0.3 is 20.3 Å². The third kappa shape index (κ3) is 4.76. The molecular formula is C30H31F2N7O. The number of nitriles is 1. The number of hydrogen-bond donors (Lipinski definition) is 1. The second-order valence-electron chi connectivity index (χ2n) is 10.5. The standard InChI is InChI=1S/C30H31F2N7O/c1-40-23-5-3-12-37(18-23)22-8-9-26(25(32)15-22)39-29(19-6-7-20(16-33)24(31)14-19)36-28-27(10-11-35-30(28)39)38-13-2-4-21(34)17-38/h6-11,14-15,21,23H,2-5,12-13,17-18,34H2,1H3. The predicted molar refractivity (Wildman–Crippen MR) is 151 cm³/mol. The number of methoxy groups -OCH3 is 1. The maximum atomic E-state index is 16.0. The number of anilines is 2. The monoisotopic (exact) mass is 543 g/mol. The molecule has 0 spiro atoms. The van der Waals surface area contributed by atoms with Gasteiger partial charge in [-0.1, -0.05) is 0 Å². The van der Waals surface area contributed by atoms with Crippen LogP contribution in [0, 0.1) is 23.0 Å². The van der Waals surface area contributed by atoms with Gasteiger partial charge in [-0.15, -0.1) is 0 Å². The van der Waals surface area contributed by atoms with Crippen molar-refractivity contribution < 1.29 is 13.5 Å². The number of aromatic nitrogens is 3. The van der Waals surface area contributed by atoms with Crippen LogP contribution in [0.2, 0.25) is 0 Å². The first-order chi connectivity index (χ1) is 19.5. The summed E-state index contributed by atoms with van der Waals surface area (Å²) >= 11 is 0. The lowest BCUT2D eigenvalue weighted by molar-refractivity contribution is 0.0893. The summed E-state index contributed by atoms with van der Waals surface area (Å²) in [5.41, 5.74) is 9.53. The van der Waals surface area contributed by atoms with Gasteiger partial charge in [0.1, 0.15) is 29.0 Å². The fraction of sp³-hybridized carbons (Fsp3) is 0.367. The highest BCUT2D eigenvalue weighted by Gasteiger charge is 2.26. The molecule has 0 radical (unpaired) electrons. The minimum absolute atomic E-state index is 0.0450. The Hall–Kier alpha value is -4.07. The van der Waals surface area contributed by atoms with E-state index in [9.17, 15) is 9.65 Å². The minimum atomic E-state index is -0.664. The molecule has 2 fully saturated rings. The van der Waals surface area contributed by atoms with Crippen molar-refractivity contribution in [2.45, 2.75) is 37.8 Å². The van der Waals surface area contributed by atoms with E-state index in [-0.39, 0.29) is 23.4 Å². The van der Waals surface area contributed by atoms with Crippen molar-refractivity contribution in [3.63, 3.8) is 0 Å². The molecule has 6 rings (SSSR count). The molecule has 2 unspecified atom stereocenters. The first-order valence-corrected chi connectivity index (χ1v) is 13.6. The van der Waals surface area contributed by atoms with Crippen LogP contribution in [0.25, 0.3) is 28.2 Å². The zero-order valence-electron chi connectivity index (χ0n) is 22.4. The Balaban J connectivity index is 1.50. The second kappa shape index (κ2) is 10.8. The quantitative estimate of drug-likeness (QED) is 0.387. The third-order valence-corrected chi connectivity index (χ3v) is 7.92. The van der Waals surface area contributed by atoms with Crippen molar-refractivity contribution in [1.82, 2.24) is 14.5 Å². The number of fused-ring (bicyclic) bond motifs is 1. The molecule has 2 atom stereocenters. The van der Waals surface area contributed by atoms with Crippen molar-refractivity contribution in [3.05, 3.63) is 65.9 Å². The van der Waals surface area contributed by atoms with Crippen molar-refractivity contribution in [2.24, 2.45) is 5.73 Å². The Morgan fingerprint density at radius 1 is 0.975 bits per heavy atom. The van der Waals surface area contributed by atoms with Gasteiger partial charge in [-0.25, -0.2) is 18.7 Å². The Bertz CT molecular complexity index is 1600. The summed E-state index contributed by atoms with van der Waals surface area (Å²) in [7, 11) is 1.70. The summed E-state index contributed by atoms with van der Waals surface area (Å²) in [6.45, 7) is 3.02. The average Bonchev–Trinajstić information content (AvgIpc) is 3.36. The molecule has 0 amide bonds. The SMILES string of the molecule is COC1CCCN(c2ccc(-n3c(-c4ccc(C#N)c(F)c4)nc4c(N5CCCC(N)C5)ccnc43)c(F)c2)C1. The van der Waals surface area contributed by atoms with E-state index < -0.39 is 11.6 Å². The van der Waals surface area contributed by atoms with Crippen molar-refractivity contribution in [2.75, 3.05) is 43.1 Å². The maximum absolute atomic E-state index is 16.0. The van der Waals surface area contributed by atoms with Gasteiger partial charge in [-0.3, -0.25) is 4.57 Å². The van der Waals surface area contributed by atoms with Gasteiger partial charge in [0.25, 0.3) is 0 Å². The highest BCUT2D eigenvalue weighted by molar-refractivity contribution is 5.90. The number of piperidine rings is 2. The van der Waals surface area contributed by atoms with E-state index in [4.69, 9.17) is 15.5 Å². The summed E-state index contributed by atoms with van der Waals surface area (Å²) in [6.07, 6.45) is 5.65. The Morgan fingerprint density at radius 2 is 1.80 bits per heavy atom. The third-order valence-electron chi connectivity index (χ3n) is 7.92. The normalized spacial score (nSPS) is 19.7. The van der Waals surface area contributed by atoms with E-state index in [0.29, 0.717) is 35.6 Å². The first kappa shape index (κ1) is 26.2. The van der Waals surface area contributed by atoms with Gasteiger partial charge in [0, 0.05) is 56.8 Å². The number of imidazole rings is 1. The van der Waals surface area contributed by atoms with Crippen LogP contribution in [-0.4, -0.2) is 60.0 Å². The van der Waals surface area contributed by atoms with E-state index in [1.54, 1.807) is 30.0 Å². The van der Waals surface area contributed by atoms with Gasteiger partial charge >= 0.3 is 0 Å². The molecule has 2 N–H and O–H groups in total. The number of ether oxygens (including phenoxy) is 1. The van der Waals surface area contributed by atoms with E-state index in [1.807, 2.05) is 18.2 Å². The molecule has 10 heteroatoms. The number of rotatable bonds is 5. The number of nitrogens with two attached hydrogens (primary N) is 1. The number of pyridine rings is 1. The molecule has 2 aliphatic heterocycles. The van der Waals surface area contributed by atoms with Crippen LogP contribution < -0.4 is 15.5 Å². The number of benzene rings is 2. The summed E-state index contributed by atoms with van der Waals surface area (Å²) in [5, 5.41) is 9.23. The van der Waals surface area contributed by atoms with Crippen molar-refractivity contribution in [1.29, 1.82) is 5.26 Å². The highest BCUT2D eigenvalue weighted by Crippen LogP contribution is 2.35. The molecule has 0 saturated carbocycles. The fourth-order valence-corrected chi connectivity index (χ4v) is 5.85. The lowest BCUT2D eigenvalue weighted by atomic mass is 10.1. The van der Waals surface area contributed by atoms with Crippen LogP contribution in [0.1, 0.15) is 31.2 Å². The molecule has 2 aromatic heterocycles. The van der Waals surface area contributed by atoms with E-state index in [0.717, 1.165) is 50.1 Å². The molecular weight excluding hydrogens is 512 g/mol. The first-order valence-electron chi connectivity index (χ1n) is 13.6. The van der Waals surface area contributed by atoms with Crippen LogP contribution in [0.5, 0.6) is 0 Å². The smallest absolute Gasteiger partial charge is 0.167 e. The molecule has 4 aromatic rings. The van der Waals surface area contributed by atoms with Gasteiger partial charge in [-0.2, -0.15) is 5.26 Å². The van der Waals surface area contributed by atoms with E-state index in [1.165, 1.54) is 18.2 Å². The zero-order valence-corrected chi connectivity index (χ0v) is 22.4. The zero-order chi connectivity index (χ0) is 27.8. The van der Waals surface area contributed by atoms with Crippen molar-refractivity contribution in [3.8, 4) is 23.1 Å². The van der Waals surface area contributed by atoms with E-state index >= 15 is 4.39 Å². The number of halogens is 2. The lowest BCUT2D eigenvalue weighted by Crippen LogP contribution is -2.42. The van der Waals surface area contributed by atoms with Crippen molar-refractivity contribution >= 4 is 22.5 Å². The molecule has 40 heavy (non-hydrogen) atoms. The Labute approximate surface area is 231 Å². The minimum Gasteiger partial charge on any atom is -0.380 e. The van der Waals surface area contributed by atoms with Gasteiger partial charge in [0.2, 0.25) is 0 Å². The molecule has 2 aromatic carbocycles. The molecule has 0 bridgehead atoms. The predicted octanol–water partition coefficient (Wildman–Crippen LogP) is 4.78. The van der Waals surface area contributed by atoms with Crippen LogP contribution in [0.15, 0.2) is 48.7 Å². The summed E-state index contributed by atoms with van der Waals surface area (Å²) in [5.74, 6) is -0.773. The van der Waals surface area contributed by atoms with Gasteiger partial charge in [0.15, 0.2) is 5.65 Å². The molecule has 4 heterocycles. The topological polar surface area (TPSA) is 96.2 Å². The van der Waals surface area contributed by atoms with Gasteiger partial charge in [0.05, 0.1) is 23.0 Å². The molecule has 2 saturated heterocycles. The Morgan fingerprint density at radius 3 is 2.55 bits per heavy atom. The number of hydrogen-bond acceptors (Lipinski definition) is 7. The second-order valence-corrected chi connectivity index (χ2v) is 10.5. The molecule has 0 aliphatic carbocycles. The van der Waals surface area contributed by atoms with Crippen LogP contribution in [-0.2, 0) is 4.74 Å².